The fourth-order valence-corrected chi connectivity index (χ4v) is 5.74. The van der Waals surface area contributed by atoms with E-state index in [-0.39, 0.29) is 22.8 Å². The van der Waals surface area contributed by atoms with E-state index in [9.17, 15) is 13.2 Å². The number of nitrogens with zero attached hydrogens (tertiary/aromatic N) is 3. The number of amides is 1. The Bertz CT molecular complexity index is 1380. The maximum absolute atomic E-state index is 12.6. The van der Waals surface area contributed by atoms with Crippen LogP contribution in [0, 0.1) is 0 Å². The van der Waals surface area contributed by atoms with Crippen LogP contribution in [-0.4, -0.2) is 35.5 Å². The first-order chi connectivity index (χ1) is 17.0. The molecule has 180 valence electrons. The molecule has 1 aromatic carbocycles. The van der Waals surface area contributed by atoms with E-state index in [1.165, 1.54) is 55.6 Å². The summed E-state index contributed by atoms with van der Waals surface area (Å²) in [7, 11) is -3.82. The second-order valence-corrected chi connectivity index (χ2v) is 10.9. The molecule has 5 rings (SSSR count). The normalized spacial score (nSPS) is 19.3. The maximum Gasteiger partial charge on any atom is 0.264 e. The first kappa shape index (κ1) is 23.3. The van der Waals surface area contributed by atoms with E-state index in [1.54, 1.807) is 36.4 Å². The zero-order valence-electron chi connectivity index (χ0n) is 18.7. The number of aromatic nitrogens is 2. The van der Waals surface area contributed by atoms with Crippen molar-refractivity contribution in [3.8, 4) is 11.3 Å². The van der Waals surface area contributed by atoms with Crippen LogP contribution in [0.15, 0.2) is 74.1 Å². The summed E-state index contributed by atoms with van der Waals surface area (Å²) in [6.07, 6.45) is 10.4. The van der Waals surface area contributed by atoms with Gasteiger partial charge in [-0.2, -0.15) is 0 Å². The van der Waals surface area contributed by atoms with Crippen LogP contribution >= 0.6 is 11.8 Å². The molecule has 2 aromatic heterocycles. The van der Waals surface area contributed by atoms with Crippen LogP contribution in [0.2, 0.25) is 0 Å². The van der Waals surface area contributed by atoms with Crippen molar-refractivity contribution < 1.29 is 17.6 Å². The van der Waals surface area contributed by atoms with Gasteiger partial charge in [-0.05, 0) is 67.1 Å². The zero-order chi connectivity index (χ0) is 24.3. The molecule has 0 unspecified atom stereocenters. The van der Waals surface area contributed by atoms with Crippen LogP contribution in [0.1, 0.15) is 37.9 Å². The second kappa shape index (κ2) is 10.0. The molecule has 3 aromatic rings. The van der Waals surface area contributed by atoms with Crippen LogP contribution in [0.25, 0.3) is 17.4 Å². The highest BCUT2D eigenvalue weighted by Crippen LogP contribution is 2.31. The lowest BCUT2D eigenvalue weighted by molar-refractivity contribution is -0.115. The molecule has 1 saturated carbocycles. The number of furan rings is 1. The SMILES string of the molecule is O=C1NC(=NC2CCCCC2)S/C1=C\c1ccc(-c2ccc(S(=O)(=O)Nc3ncccn3)cc2)o1. The topological polar surface area (TPSA) is 127 Å². The predicted octanol–water partition coefficient (Wildman–Crippen LogP) is 4.43. The molecule has 35 heavy (non-hydrogen) atoms. The molecule has 0 spiro atoms. The Morgan fingerprint density at radius 3 is 2.54 bits per heavy atom. The summed E-state index contributed by atoms with van der Waals surface area (Å²) in [6.45, 7) is 0. The van der Waals surface area contributed by atoms with Gasteiger partial charge in [0.1, 0.15) is 11.5 Å². The summed E-state index contributed by atoms with van der Waals surface area (Å²) in [4.78, 5) is 25.4. The van der Waals surface area contributed by atoms with E-state index in [1.807, 2.05) is 0 Å². The van der Waals surface area contributed by atoms with Gasteiger partial charge in [-0.3, -0.25) is 9.79 Å². The van der Waals surface area contributed by atoms with Gasteiger partial charge in [-0.25, -0.2) is 23.1 Å². The quantitative estimate of drug-likeness (QED) is 0.471. The number of carbonyl (C=O) groups is 1. The molecule has 1 saturated heterocycles. The highest BCUT2D eigenvalue weighted by atomic mass is 32.2. The van der Waals surface area contributed by atoms with E-state index in [4.69, 9.17) is 9.41 Å². The van der Waals surface area contributed by atoms with Gasteiger partial charge >= 0.3 is 0 Å². The predicted molar refractivity (Wildman–Crippen MR) is 135 cm³/mol. The highest BCUT2D eigenvalue weighted by Gasteiger charge is 2.26. The minimum absolute atomic E-state index is 0.000975. The van der Waals surface area contributed by atoms with Crippen molar-refractivity contribution in [3.63, 3.8) is 0 Å². The van der Waals surface area contributed by atoms with Gasteiger partial charge in [0.25, 0.3) is 15.9 Å². The van der Waals surface area contributed by atoms with Gasteiger partial charge in [0.05, 0.1) is 15.8 Å². The largest absolute Gasteiger partial charge is 0.457 e. The molecule has 0 atom stereocenters. The van der Waals surface area contributed by atoms with E-state index >= 15 is 0 Å². The molecule has 9 nitrogen and oxygen atoms in total. The Hall–Kier alpha value is -3.44. The number of hydrogen-bond donors (Lipinski definition) is 2. The monoisotopic (exact) mass is 509 g/mol. The van der Waals surface area contributed by atoms with Gasteiger partial charge in [-0.1, -0.05) is 19.3 Å². The minimum Gasteiger partial charge on any atom is -0.457 e. The molecule has 1 aliphatic heterocycles. The highest BCUT2D eigenvalue weighted by molar-refractivity contribution is 8.18. The van der Waals surface area contributed by atoms with Crippen molar-refractivity contribution in [3.05, 3.63) is 65.5 Å². The summed E-state index contributed by atoms with van der Waals surface area (Å²) < 4.78 is 33.3. The molecule has 1 amide bonds. The summed E-state index contributed by atoms with van der Waals surface area (Å²) in [5.41, 5.74) is 0.702. The van der Waals surface area contributed by atoms with Crippen molar-refractivity contribution in [2.45, 2.75) is 43.0 Å². The van der Waals surface area contributed by atoms with Crippen molar-refractivity contribution in [1.82, 2.24) is 15.3 Å². The van der Waals surface area contributed by atoms with Crippen LogP contribution in [0.4, 0.5) is 5.95 Å². The first-order valence-corrected chi connectivity index (χ1v) is 13.5. The molecule has 3 heterocycles. The minimum atomic E-state index is -3.82. The number of nitrogens with one attached hydrogen (secondary N) is 2. The summed E-state index contributed by atoms with van der Waals surface area (Å²) >= 11 is 1.32. The van der Waals surface area contributed by atoms with E-state index < -0.39 is 10.0 Å². The smallest absolute Gasteiger partial charge is 0.264 e. The maximum atomic E-state index is 12.6. The number of rotatable bonds is 6. The molecule has 2 aliphatic rings. The first-order valence-electron chi connectivity index (χ1n) is 11.3. The fourth-order valence-electron chi connectivity index (χ4n) is 3.91. The van der Waals surface area contributed by atoms with Gasteiger partial charge < -0.3 is 9.73 Å². The number of amidine groups is 1. The lowest BCUT2D eigenvalue weighted by Gasteiger charge is -2.17. The lowest BCUT2D eigenvalue weighted by Crippen LogP contribution is -2.22. The summed E-state index contributed by atoms with van der Waals surface area (Å²) in [6, 6.07) is 11.7. The average Bonchev–Trinajstić information content (AvgIpc) is 3.47. The molecule has 2 N–H and O–H groups in total. The third-order valence-electron chi connectivity index (χ3n) is 5.67. The molecule has 11 heteroatoms. The van der Waals surface area contributed by atoms with Crippen LogP contribution < -0.4 is 10.0 Å². The van der Waals surface area contributed by atoms with E-state index in [0.717, 1.165) is 12.8 Å². The van der Waals surface area contributed by atoms with E-state index in [0.29, 0.717) is 27.2 Å². The molecule has 2 fully saturated rings. The number of aliphatic imine (C=N–C) groups is 1. The van der Waals surface area contributed by atoms with Crippen LogP contribution in [-0.2, 0) is 14.8 Å². The number of carbonyl (C=O) groups excluding carboxylic acids is 1. The third kappa shape index (κ3) is 5.63. The lowest BCUT2D eigenvalue weighted by atomic mass is 9.96. The zero-order valence-corrected chi connectivity index (χ0v) is 20.3. The van der Waals surface area contributed by atoms with E-state index in [2.05, 4.69) is 20.0 Å². The van der Waals surface area contributed by atoms with Crippen LogP contribution in [0.5, 0.6) is 0 Å². The molecular formula is C24H23N5O4S2. The summed E-state index contributed by atoms with van der Waals surface area (Å²) in [5, 5.41) is 3.48. The number of benzene rings is 1. The number of anilines is 1. The average molecular weight is 510 g/mol. The Morgan fingerprint density at radius 1 is 1.06 bits per heavy atom. The Kier molecular flexibility index (Phi) is 6.69. The van der Waals surface area contributed by atoms with Crippen LogP contribution in [0.3, 0.4) is 0 Å². The molecular weight excluding hydrogens is 486 g/mol. The number of thioether (sulfide) groups is 1. The third-order valence-corrected chi connectivity index (χ3v) is 7.93. The molecule has 0 radical (unpaired) electrons. The second-order valence-electron chi connectivity index (χ2n) is 8.20. The standard InChI is InChI=1S/C24H23N5O4S2/c30-22-21(34-24(28-22)27-17-5-2-1-3-6-17)15-18-9-12-20(33-18)16-7-10-19(11-8-16)35(31,32)29-23-25-13-4-14-26-23/h4,7-15,17H,1-3,5-6H2,(H,25,26,29)(H,27,28,30)/b21-15-. The van der Waals surface area contributed by atoms with Gasteiger partial charge in [0, 0.05) is 24.0 Å². The number of hydrogen-bond acceptors (Lipinski definition) is 8. The van der Waals surface area contributed by atoms with Crippen molar-refractivity contribution in [1.29, 1.82) is 0 Å². The van der Waals surface area contributed by atoms with Crippen molar-refractivity contribution >= 4 is 44.9 Å². The number of sulfonamides is 1. The summed E-state index contributed by atoms with van der Waals surface area (Å²) in [5.74, 6) is 0.892. The van der Waals surface area contributed by atoms with Crippen molar-refractivity contribution in [2.75, 3.05) is 4.72 Å². The molecule has 0 bridgehead atoms. The van der Waals surface area contributed by atoms with Gasteiger partial charge in [-0.15, -0.1) is 0 Å². The Labute approximate surface area is 207 Å². The van der Waals surface area contributed by atoms with Gasteiger partial charge in [0.15, 0.2) is 5.17 Å². The molecule has 1 aliphatic carbocycles. The van der Waals surface area contributed by atoms with Gasteiger partial charge in [0.2, 0.25) is 5.95 Å². The Morgan fingerprint density at radius 2 is 1.80 bits per heavy atom. The fraction of sp³-hybridized carbons (Fsp3) is 0.250. The Balaban J connectivity index is 1.27. The van der Waals surface area contributed by atoms with Crippen molar-refractivity contribution in [2.24, 2.45) is 4.99 Å².